The number of aliphatic carboxylic acids is 1. The summed E-state index contributed by atoms with van der Waals surface area (Å²) < 4.78 is 0. The van der Waals surface area contributed by atoms with Crippen molar-refractivity contribution in [1.82, 2.24) is 0 Å². The van der Waals surface area contributed by atoms with Gasteiger partial charge in [-0.05, 0) is 17.2 Å². The number of aliphatic hydroxyl groups excluding tert-OH is 1. The Balaban J connectivity index is 2.60. The molecule has 1 aromatic carbocycles. The summed E-state index contributed by atoms with van der Waals surface area (Å²) in [6.07, 6.45) is 2.70. The third-order valence-electron chi connectivity index (χ3n) is 1.87. The van der Waals surface area contributed by atoms with Crippen molar-refractivity contribution in [1.29, 1.82) is 0 Å². The van der Waals surface area contributed by atoms with Crippen LogP contribution < -0.4 is 0 Å². The number of aliphatic hydroxyl groups is 1. The van der Waals surface area contributed by atoms with Gasteiger partial charge in [-0.2, -0.15) is 11.8 Å². The summed E-state index contributed by atoms with van der Waals surface area (Å²) in [5, 5.41) is 17.1. The average Bonchev–Trinajstić information content (AvgIpc) is 2.27. The third kappa shape index (κ3) is 5.00. The molecule has 2 N–H and O–H groups in total. The smallest absolute Gasteiger partial charge is 0.328 e. The summed E-state index contributed by atoms with van der Waals surface area (Å²) in [6.45, 7) is 0.184. The predicted octanol–water partition coefficient (Wildman–Crippen LogP) is 2.01. The van der Waals surface area contributed by atoms with Crippen molar-refractivity contribution in [3.8, 4) is 0 Å². The first-order chi connectivity index (χ1) is 7.72. The largest absolute Gasteiger partial charge is 0.478 e. The van der Waals surface area contributed by atoms with E-state index < -0.39 is 5.97 Å². The molecule has 0 fully saturated rings. The molecule has 3 nitrogen and oxygen atoms in total. The second-order valence-corrected chi connectivity index (χ2v) is 4.30. The van der Waals surface area contributed by atoms with Gasteiger partial charge in [0.25, 0.3) is 0 Å². The summed E-state index contributed by atoms with van der Waals surface area (Å²) in [4.78, 5) is 10.3. The summed E-state index contributed by atoms with van der Waals surface area (Å²) in [5.41, 5.74) is 2.01. The molecule has 16 heavy (non-hydrogen) atoms. The molecule has 0 aliphatic rings. The van der Waals surface area contributed by atoms with E-state index in [0.29, 0.717) is 0 Å². The van der Waals surface area contributed by atoms with Crippen molar-refractivity contribution >= 4 is 23.8 Å². The molecule has 1 aromatic rings. The van der Waals surface area contributed by atoms with Crippen molar-refractivity contribution < 1.29 is 15.0 Å². The second kappa shape index (κ2) is 7.09. The molecule has 1 rings (SSSR count). The van der Waals surface area contributed by atoms with Gasteiger partial charge in [-0.25, -0.2) is 4.79 Å². The van der Waals surface area contributed by atoms with Crippen LogP contribution in [0.4, 0.5) is 0 Å². The van der Waals surface area contributed by atoms with Gasteiger partial charge in [-0.3, -0.25) is 0 Å². The van der Waals surface area contributed by atoms with E-state index in [1.807, 2.05) is 24.3 Å². The van der Waals surface area contributed by atoms with Crippen molar-refractivity contribution in [2.45, 2.75) is 5.75 Å². The van der Waals surface area contributed by atoms with Crippen LogP contribution in [0, 0.1) is 0 Å². The summed E-state index contributed by atoms with van der Waals surface area (Å²) in [6, 6.07) is 7.70. The molecular formula is C12H14O3S. The Bertz CT molecular complexity index is 374. The predicted molar refractivity (Wildman–Crippen MR) is 66.4 cm³/mol. The molecule has 0 spiro atoms. The number of hydrogen-bond donors (Lipinski definition) is 2. The van der Waals surface area contributed by atoms with Crippen LogP contribution in [-0.2, 0) is 10.5 Å². The van der Waals surface area contributed by atoms with Gasteiger partial charge in [0.15, 0.2) is 0 Å². The Kier molecular flexibility index (Phi) is 5.67. The fourth-order valence-corrected chi connectivity index (χ4v) is 1.90. The van der Waals surface area contributed by atoms with Crippen LogP contribution in [0.15, 0.2) is 30.3 Å². The lowest BCUT2D eigenvalue weighted by Gasteiger charge is -2.01. The van der Waals surface area contributed by atoms with Gasteiger partial charge in [0, 0.05) is 17.6 Å². The fourth-order valence-electron chi connectivity index (χ4n) is 1.21. The van der Waals surface area contributed by atoms with Crippen LogP contribution in [0.1, 0.15) is 11.1 Å². The van der Waals surface area contributed by atoms with E-state index in [0.717, 1.165) is 28.7 Å². The van der Waals surface area contributed by atoms with Gasteiger partial charge in [-0.15, -0.1) is 0 Å². The van der Waals surface area contributed by atoms with Crippen LogP contribution in [0.2, 0.25) is 0 Å². The molecular weight excluding hydrogens is 224 g/mol. The Morgan fingerprint density at radius 1 is 1.44 bits per heavy atom. The van der Waals surface area contributed by atoms with Crippen molar-refractivity contribution in [3.05, 3.63) is 41.5 Å². The molecule has 0 unspecified atom stereocenters. The highest BCUT2D eigenvalue weighted by molar-refractivity contribution is 7.98. The molecule has 0 saturated carbocycles. The first-order valence-corrected chi connectivity index (χ1v) is 6.06. The third-order valence-corrected chi connectivity index (χ3v) is 2.88. The van der Waals surface area contributed by atoms with Crippen molar-refractivity contribution in [2.24, 2.45) is 0 Å². The van der Waals surface area contributed by atoms with E-state index in [2.05, 4.69) is 0 Å². The van der Waals surface area contributed by atoms with E-state index in [1.54, 1.807) is 17.8 Å². The molecule has 0 aromatic heterocycles. The Morgan fingerprint density at radius 3 is 2.94 bits per heavy atom. The van der Waals surface area contributed by atoms with Gasteiger partial charge in [0.2, 0.25) is 0 Å². The maximum Gasteiger partial charge on any atom is 0.328 e. The van der Waals surface area contributed by atoms with E-state index in [4.69, 9.17) is 10.2 Å². The molecule has 0 amide bonds. The number of rotatable bonds is 6. The minimum Gasteiger partial charge on any atom is -0.478 e. The van der Waals surface area contributed by atoms with Gasteiger partial charge < -0.3 is 10.2 Å². The van der Waals surface area contributed by atoms with Gasteiger partial charge in [-0.1, -0.05) is 24.3 Å². The van der Waals surface area contributed by atoms with E-state index in [1.165, 1.54) is 0 Å². The van der Waals surface area contributed by atoms with Crippen LogP contribution in [0.3, 0.4) is 0 Å². The van der Waals surface area contributed by atoms with Crippen LogP contribution in [0.5, 0.6) is 0 Å². The number of thioether (sulfide) groups is 1. The lowest BCUT2D eigenvalue weighted by molar-refractivity contribution is -0.131. The first-order valence-electron chi connectivity index (χ1n) is 4.91. The molecule has 4 heteroatoms. The Morgan fingerprint density at radius 2 is 2.25 bits per heavy atom. The topological polar surface area (TPSA) is 57.5 Å². The van der Waals surface area contributed by atoms with Crippen molar-refractivity contribution in [3.63, 3.8) is 0 Å². The standard InChI is InChI=1S/C12H14O3S/c13-6-7-16-9-11-3-1-2-10(8-11)4-5-12(14)15/h1-5,8,13H,6-7,9H2,(H,14,15). The average molecular weight is 238 g/mol. The number of carboxylic acid groups (broad SMARTS) is 1. The highest BCUT2D eigenvalue weighted by Gasteiger charge is 1.95. The summed E-state index contributed by atoms with van der Waals surface area (Å²) >= 11 is 1.65. The van der Waals surface area contributed by atoms with E-state index >= 15 is 0 Å². The van der Waals surface area contributed by atoms with Crippen LogP contribution >= 0.6 is 11.8 Å². The molecule has 0 saturated heterocycles. The Labute approximate surface area is 98.8 Å². The number of carbonyl (C=O) groups is 1. The monoisotopic (exact) mass is 238 g/mol. The van der Waals surface area contributed by atoms with Crippen molar-refractivity contribution in [2.75, 3.05) is 12.4 Å². The molecule has 0 aliphatic heterocycles. The zero-order valence-electron chi connectivity index (χ0n) is 8.80. The molecule has 0 bridgehead atoms. The maximum absolute atomic E-state index is 10.3. The molecule has 0 radical (unpaired) electrons. The van der Waals surface area contributed by atoms with Gasteiger partial charge in [0.05, 0.1) is 6.61 Å². The van der Waals surface area contributed by atoms with E-state index in [-0.39, 0.29) is 6.61 Å². The normalized spacial score (nSPS) is 10.8. The first kappa shape index (κ1) is 12.8. The minimum absolute atomic E-state index is 0.184. The zero-order valence-corrected chi connectivity index (χ0v) is 9.61. The second-order valence-electron chi connectivity index (χ2n) is 3.19. The fraction of sp³-hybridized carbons (Fsp3) is 0.250. The molecule has 0 aliphatic carbocycles. The van der Waals surface area contributed by atoms with E-state index in [9.17, 15) is 4.79 Å². The number of hydrogen-bond acceptors (Lipinski definition) is 3. The lowest BCUT2D eigenvalue weighted by atomic mass is 10.1. The maximum atomic E-state index is 10.3. The molecule has 0 atom stereocenters. The Hall–Kier alpha value is -1.26. The van der Waals surface area contributed by atoms with Gasteiger partial charge >= 0.3 is 5.97 Å². The number of benzene rings is 1. The summed E-state index contributed by atoms with van der Waals surface area (Å²) in [7, 11) is 0. The van der Waals surface area contributed by atoms with Gasteiger partial charge in [0.1, 0.15) is 0 Å². The molecule has 86 valence electrons. The minimum atomic E-state index is -0.944. The van der Waals surface area contributed by atoms with Crippen LogP contribution in [-0.4, -0.2) is 28.5 Å². The highest BCUT2D eigenvalue weighted by Crippen LogP contribution is 2.14. The lowest BCUT2D eigenvalue weighted by Crippen LogP contribution is -1.89. The quantitative estimate of drug-likeness (QED) is 0.588. The summed E-state index contributed by atoms with van der Waals surface area (Å²) in [5.74, 6) is 0.602. The highest BCUT2D eigenvalue weighted by atomic mass is 32.2. The number of carboxylic acids is 1. The zero-order chi connectivity index (χ0) is 11.8. The SMILES string of the molecule is O=C(O)C=Cc1cccc(CSCCO)c1. The molecule has 0 heterocycles. The van der Waals surface area contributed by atoms with Crippen LogP contribution in [0.25, 0.3) is 6.08 Å².